The van der Waals surface area contributed by atoms with E-state index in [-0.39, 0.29) is 5.41 Å². The second kappa shape index (κ2) is 4.74. The molecule has 1 aromatic heterocycles. The summed E-state index contributed by atoms with van der Waals surface area (Å²) in [6.07, 6.45) is 8.50. The Balaban J connectivity index is 1.60. The average molecular weight is 281 g/mol. The van der Waals surface area contributed by atoms with Crippen LogP contribution in [0.2, 0.25) is 0 Å². The van der Waals surface area contributed by atoms with Crippen molar-refractivity contribution in [3.05, 3.63) is 59.9 Å². The molecular formula is C19H23NO. The van der Waals surface area contributed by atoms with Crippen LogP contribution in [-0.4, -0.2) is 15.7 Å². The van der Waals surface area contributed by atoms with Gasteiger partial charge in [-0.3, -0.25) is 0 Å². The molecule has 1 heterocycles. The molecule has 2 aliphatic carbocycles. The van der Waals surface area contributed by atoms with E-state index in [1.807, 2.05) is 12.3 Å². The van der Waals surface area contributed by atoms with Crippen LogP contribution in [0.15, 0.2) is 48.7 Å². The lowest BCUT2D eigenvalue weighted by atomic mass is 9.76. The molecule has 0 aliphatic heterocycles. The first-order valence-corrected chi connectivity index (χ1v) is 8.10. The van der Waals surface area contributed by atoms with E-state index in [1.54, 1.807) is 0 Å². The maximum absolute atomic E-state index is 11.6. The Kier molecular flexibility index (Phi) is 2.97. The van der Waals surface area contributed by atoms with Gasteiger partial charge in [-0.2, -0.15) is 0 Å². The second-order valence-corrected chi connectivity index (χ2v) is 7.00. The molecule has 110 valence electrons. The van der Waals surface area contributed by atoms with Crippen LogP contribution in [0.5, 0.6) is 0 Å². The minimum absolute atomic E-state index is 0.206. The Morgan fingerprint density at radius 1 is 1.05 bits per heavy atom. The Morgan fingerprint density at radius 3 is 2.52 bits per heavy atom. The van der Waals surface area contributed by atoms with E-state index in [0.717, 1.165) is 19.3 Å². The molecule has 0 bridgehead atoms. The number of rotatable bonds is 4. The highest BCUT2D eigenvalue weighted by Crippen LogP contribution is 2.66. The summed E-state index contributed by atoms with van der Waals surface area (Å²) in [7, 11) is 0. The minimum atomic E-state index is -0.534. The molecule has 2 fully saturated rings. The first kappa shape index (κ1) is 13.1. The molecule has 2 aromatic rings. The van der Waals surface area contributed by atoms with Crippen molar-refractivity contribution in [2.75, 3.05) is 0 Å². The molecule has 21 heavy (non-hydrogen) atoms. The summed E-state index contributed by atoms with van der Waals surface area (Å²) in [5, 5.41) is 11.6. The van der Waals surface area contributed by atoms with Gasteiger partial charge in [-0.1, -0.05) is 30.3 Å². The van der Waals surface area contributed by atoms with Crippen LogP contribution in [0.1, 0.15) is 36.9 Å². The first-order valence-electron chi connectivity index (χ1n) is 8.10. The van der Waals surface area contributed by atoms with Crippen molar-refractivity contribution < 1.29 is 5.11 Å². The topological polar surface area (TPSA) is 36.0 Å². The van der Waals surface area contributed by atoms with E-state index < -0.39 is 5.60 Å². The Morgan fingerprint density at radius 2 is 1.86 bits per heavy atom. The monoisotopic (exact) mass is 281 g/mol. The van der Waals surface area contributed by atoms with Gasteiger partial charge < -0.3 is 10.1 Å². The third-order valence-electron chi connectivity index (χ3n) is 5.87. The Hall–Kier alpha value is -1.54. The van der Waals surface area contributed by atoms with E-state index in [4.69, 9.17) is 0 Å². The summed E-state index contributed by atoms with van der Waals surface area (Å²) >= 11 is 0. The van der Waals surface area contributed by atoms with Crippen molar-refractivity contribution >= 4 is 0 Å². The number of H-pyrrole nitrogens is 1. The van der Waals surface area contributed by atoms with E-state index in [0.29, 0.717) is 5.92 Å². The molecule has 2 nitrogen and oxygen atoms in total. The zero-order chi connectivity index (χ0) is 14.3. The van der Waals surface area contributed by atoms with Crippen LogP contribution in [0, 0.1) is 11.3 Å². The number of hydrogen-bond acceptors (Lipinski definition) is 1. The highest BCUT2D eigenvalue weighted by Gasteiger charge is 2.64. The standard InChI is InChI=1S/C19H23NO/c21-19(14-17-7-4-12-20-17)16(8-9-18(19)10-11-18)13-15-5-2-1-3-6-15/h1-7,12,16,20-21H,8-11,13-14H2. The van der Waals surface area contributed by atoms with Gasteiger partial charge in [0.1, 0.15) is 0 Å². The largest absolute Gasteiger partial charge is 0.389 e. The number of nitrogens with one attached hydrogen (secondary N) is 1. The predicted octanol–water partition coefficient (Wildman–Crippen LogP) is 3.72. The maximum atomic E-state index is 11.6. The van der Waals surface area contributed by atoms with Gasteiger partial charge in [-0.05, 0) is 61.1 Å². The van der Waals surface area contributed by atoms with E-state index >= 15 is 0 Å². The van der Waals surface area contributed by atoms with Gasteiger partial charge in [0.25, 0.3) is 0 Å². The lowest BCUT2D eigenvalue weighted by molar-refractivity contribution is -0.0482. The Bertz CT molecular complexity index is 600. The summed E-state index contributed by atoms with van der Waals surface area (Å²) in [4.78, 5) is 3.28. The third kappa shape index (κ3) is 2.13. The van der Waals surface area contributed by atoms with Gasteiger partial charge in [0.05, 0.1) is 5.60 Å². The van der Waals surface area contributed by atoms with Crippen molar-refractivity contribution in [3.63, 3.8) is 0 Å². The number of aromatic nitrogens is 1. The summed E-state index contributed by atoms with van der Waals surface area (Å²) in [6.45, 7) is 0. The van der Waals surface area contributed by atoms with Crippen LogP contribution in [0.3, 0.4) is 0 Å². The minimum Gasteiger partial charge on any atom is -0.389 e. The summed E-state index contributed by atoms with van der Waals surface area (Å²) in [5.74, 6) is 0.380. The molecule has 1 spiro atoms. The smallest absolute Gasteiger partial charge is 0.0789 e. The fraction of sp³-hybridized carbons (Fsp3) is 0.474. The molecule has 2 heteroatoms. The molecular weight excluding hydrogens is 258 g/mol. The normalized spacial score (nSPS) is 29.9. The van der Waals surface area contributed by atoms with Crippen LogP contribution in [-0.2, 0) is 12.8 Å². The van der Waals surface area contributed by atoms with Gasteiger partial charge in [0.2, 0.25) is 0 Å². The van der Waals surface area contributed by atoms with Gasteiger partial charge in [-0.15, -0.1) is 0 Å². The van der Waals surface area contributed by atoms with Crippen LogP contribution >= 0.6 is 0 Å². The summed E-state index contributed by atoms with van der Waals surface area (Å²) in [6, 6.07) is 14.8. The van der Waals surface area contributed by atoms with E-state index in [1.165, 1.54) is 30.5 Å². The van der Waals surface area contributed by atoms with Crippen LogP contribution in [0.25, 0.3) is 0 Å². The van der Waals surface area contributed by atoms with Gasteiger partial charge >= 0.3 is 0 Å². The number of benzene rings is 1. The van der Waals surface area contributed by atoms with Crippen molar-refractivity contribution in [2.24, 2.45) is 11.3 Å². The van der Waals surface area contributed by atoms with Crippen molar-refractivity contribution in [1.29, 1.82) is 0 Å². The van der Waals surface area contributed by atoms with Gasteiger partial charge in [-0.25, -0.2) is 0 Å². The SMILES string of the molecule is OC1(Cc2ccc[nH]2)C(Cc2ccccc2)CCC12CC2. The molecule has 0 radical (unpaired) electrons. The third-order valence-corrected chi connectivity index (χ3v) is 5.87. The predicted molar refractivity (Wildman–Crippen MR) is 84.0 cm³/mol. The lowest BCUT2D eigenvalue weighted by Crippen LogP contribution is -2.44. The fourth-order valence-electron chi connectivity index (χ4n) is 4.44. The highest BCUT2D eigenvalue weighted by molar-refractivity contribution is 5.24. The molecule has 2 unspecified atom stereocenters. The quantitative estimate of drug-likeness (QED) is 0.880. The van der Waals surface area contributed by atoms with Crippen LogP contribution in [0.4, 0.5) is 0 Å². The zero-order valence-corrected chi connectivity index (χ0v) is 12.4. The van der Waals surface area contributed by atoms with Gasteiger partial charge in [0, 0.05) is 18.3 Å². The Labute approximate surface area is 126 Å². The van der Waals surface area contributed by atoms with Crippen molar-refractivity contribution in [2.45, 2.75) is 44.1 Å². The molecule has 2 atom stereocenters. The van der Waals surface area contributed by atoms with E-state index in [2.05, 4.69) is 41.4 Å². The molecule has 2 saturated carbocycles. The number of aliphatic hydroxyl groups is 1. The highest BCUT2D eigenvalue weighted by atomic mass is 16.3. The molecule has 4 rings (SSSR count). The molecule has 0 saturated heterocycles. The molecule has 0 amide bonds. The number of aromatic amines is 1. The molecule has 2 aliphatic rings. The average Bonchev–Trinajstić information content (AvgIpc) is 3.06. The van der Waals surface area contributed by atoms with E-state index in [9.17, 15) is 5.11 Å². The maximum Gasteiger partial charge on any atom is 0.0789 e. The van der Waals surface area contributed by atoms with Crippen molar-refractivity contribution in [3.8, 4) is 0 Å². The fourth-order valence-corrected chi connectivity index (χ4v) is 4.44. The summed E-state index contributed by atoms with van der Waals surface area (Å²) in [5.41, 5.74) is 2.19. The van der Waals surface area contributed by atoms with Gasteiger partial charge in [0.15, 0.2) is 0 Å². The second-order valence-electron chi connectivity index (χ2n) is 7.00. The first-order chi connectivity index (χ1) is 10.2. The molecule has 2 N–H and O–H groups in total. The number of hydrogen-bond donors (Lipinski definition) is 2. The van der Waals surface area contributed by atoms with Crippen LogP contribution < -0.4 is 0 Å². The molecule has 1 aromatic carbocycles. The zero-order valence-electron chi connectivity index (χ0n) is 12.4. The van der Waals surface area contributed by atoms with Crippen molar-refractivity contribution in [1.82, 2.24) is 4.98 Å². The lowest BCUT2D eigenvalue weighted by Gasteiger charge is -2.36. The summed E-state index contributed by atoms with van der Waals surface area (Å²) < 4.78 is 0.